The molecule has 4 aromatic heterocycles. The molecule has 0 unspecified atom stereocenters. The zero-order valence-electron chi connectivity index (χ0n) is 39.5. The van der Waals surface area contributed by atoms with Crippen LogP contribution in [0.5, 0.6) is 11.5 Å². The second-order valence-corrected chi connectivity index (χ2v) is 18.3. The zero-order valence-corrected chi connectivity index (χ0v) is 39.5. The third kappa shape index (κ3) is 13.2. The summed E-state index contributed by atoms with van der Waals surface area (Å²) in [5, 5.41) is 37.6. The third-order valence-corrected chi connectivity index (χ3v) is 12.8. The smallest absolute Gasteiger partial charge is 0.407 e. The Kier molecular flexibility index (Phi) is 16.9. The highest BCUT2D eigenvalue weighted by atomic mass is 19.1. The number of alkyl carbamates (subject to hydrolysis) is 1. The molecule has 20 heteroatoms. The van der Waals surface area contributed by atoms with Gasteiger partial charge in [0.05, 0.1) is 78.7 Å². The Morgan fingerprint density at radius 3 is 2.03 bits per heavy atom. The van der Waals surface area contributed by atoms with Gasteiger partial charge in [-0.15, -0.1) is 10.2 Å². The Morgan fingerprint density at radius 2 is 1.45 bits per heavy atom. The van der Waals surface area contributed by atoms with Crippen molar-refractivity contribution in [2.24, 2.45) is 37.3 Å². The number of hydrogen-bond acceptors (Lipinski definition) is 14. The van der Waals surface area contributed by atoms with Crippen LogP contribution in [0.1, 0.15) is 121 Å². The van der Waals surface area contributed by atoms with Gasteiger partial charge in [-0.3, -0.25) is 19.1 Å². The molecule has 4 aromatic rings. The van der Waals surface area contributed by atoms with E-state index in [2.05, 4.69) is 37.8 Å². The number of aliphatic carboxylic acids is 2. The molecule has 7 rings (SSSR count). The van der Waals surface area contributed by atoms with Gasteiger partial charge in [-0.05, 0) is 102 Å². The van der Waals surface area contributed by atoms with E-state index < -0.39 is 29.8 Å². The number of esters is 1. The lowest BCUT2D eigenvalue weighted by molar-refractivity contribution is -0.144. The molecule has 0 spiro atoms. The van der Waals surface area contributed by atoms with Crippen LogP contribution in [-0.2, 0) is 57.3 Å². The lowest BCUT2D eigenvalue weighted by atomic mass is 9.87. The van der Waals surface area contributed by atoms with Crippen LogP contribution in [0.4, 0.5) is 9.18 Å². The fraction of sp³-hybridized carbons (Fsp3) is 0.617. The second-order valence-electron chi connectivity index (χ2n) is 18.3. The Hall–Kier alpha value is -6.21. The molecule has 1 amide bonds. The molecule has 3 aliphatic carbocycles. The fourth-order valence-electron chi connectivity index (χ4n) is 8.32. The van der Waals surface area contributed by atoms with Crippen LogP contribution in [-0.4, -0.2) is 99.6 Å². The average molecular weight is 934 g/mol. The highest BCUT2D eigenvalue weighted by Crippen LogP contribution is 2.48. The lowest BCUT2D eigenvalue weighted by Gasteiger charge is -2.28. The fourth-order valence-corrected chi connectivity index (χ4v) is 8.32. The molecule has 3 saturated carbocycles. The van der Waals surface area contributed by atoms with Crippen molar-refractivity contribution in [3.63, 3.8) is 0 Å². The lowest BCUT2D eigenvalue weighted by Crippen LogP contribution is -2.29. The summed E-state index contributed by atoms with van der Waals surface area (Å²) in [7, 11) is 3.39. The summed E-state index contributed by atoms with van der Waals surface area (Å²) in [5.74, 6) is -2.17. The van der Waals surface area contributed by atoms with Crippen LogP contribution in [0.15, 0.2) is 18.2 Å². The molecule has 0 aliphatic heterocycles. The van der Waals surface area contributed by atoms with E-state index in [1.54, 1.807) is 31.8 Å². The van der Waals surface area contributed by atoms with E-state index in [0.717, 1.165) is 44.2 Å². The van der Waals surface area contributed by atoms with Gasteiger partial charge in [-0.1, -0.05) is 38.1 Å². The van der Waals surface area contributed by atoms with Crippen molar-refractivity contribution < 1.29 is 52.7 Å². The Balaban J connectivity index is 0.000000222. The van der Waals surface area contributed by atoms with E-state index >= 15 is 4.39 Å². The van der Waals surface area contributed by atoms with Crippen LogP contribution >= 0.6 is 0 Å². The number of carboxylic acids is 2. The van der Waals surface area contributed by atoms with Gasteiger partial charge in [0.1, 0.15) is 28.6 Å². The van der Waals surface area contributed by atoms with Gasteiger partial charge < -0.3 is 34.5 Å². The largest absolute Gasteiger partial charge is 0.488 e. The molecule has 0 bridgehead atoms. The Bertz CT molecular complexity index is 2380. The van der Waals surface area contributed by atoms with Crippen molar-refractivity contribution in [2.75, 3.05) is 13.2 Å². The molecule has 0 aromatic carbocycles. The first kappa shape index (κ1) is 50.2. The van der Waals surface area contributed by atoms with Crippen molar-refractivity contribution in [3.05, 3.63) is 46.8 Å². The molecule has 19 nitrogen and oxygen atoms in total. The number of aromatic nitrogens is 8. The molecule has 3 fully saturated rings. The Labute approximate surface area is 389 Å². The molecule has 4 atom stereocenters. The predicted octanol–water partition coefficient (Wildman–Crippen LogP) is 6.97. The van der Waals surface area contributed by atoms with Gasteiger partial charge in [0.25, 0.3) is 0 Å². The maximum absolute atomic E-state index is 15.1. The number of carbonyl (C=O) groups excluding carboxylic acids is 2. The normalized spacial score (nSPS) is 19.7. The third-order valence-electron chi connectivity index (χ3n) is 12.8. The summed E-state index contributed by atoms with van der Waals surface area (Å²) in [6, 6.07) is 4.90. The summed E-state index contributed by atoms with van der Waals surface area (Å²) >= 11 is 0. The number of halogens is 1. The number of carboxylic acid groups (broad SMARTS) is 2. The Morgan fingerprint density at radius 1 is 0.836 bits per heavy atom. The van der Waals surface area contributed by atoms with Crippen LogP contribution in [0.3, 0.4) is 0 Å². The number of carbonyl (C=O) groups is 4. The predicted molar refractivity (Wildman–Crippen MR) is 240 cm³/mol. The number of pyridine rings is 2. The number of amides is 1. The van der Waals surface area contributed by atoms with Crippen LogP contribution in [0.25, 0.3) is 22.8 Å². The molecular formula is C47H64FN9O10. The molecule has 4 heterocycles. The van der Waals surface area contributed by atoms with Gasteiger partial charge in [0.15, 0.2) is 5.82 Å². The first-order chi connectivity index (χ1) is 32.0. The maximum Gasteiger partial charge on any atom is 0.407 e. The summed E-state index contributed by atoms with van der Waals surface area (Å²) < 4.78 is 40.9. The average Bonchev–Trinajstić information content (AvgIpc) is 3.88. The van der Waals surface area contributed by atoms with E-state index in [0.29, 0.717) is 86.0 Å². The standard InChI is InChI=1S/C24H32FN5O5.C23H32N4O5/c1-4-24(8-9-24)13-34-23(33)26-12-18-21(28-29-30(18)3)20-17(25)11-19(14(2)27-20)35-16-7-5-6-15(10-16)22(31)32;1-5-17-20(32-16-8-6-7-15(11-16)23(29)30)10-9-18(24-17)22-19(27(4)26-25-22)12-21(28)31-13-14(2)3/h11,15-16H,4-10,12-13H2,1-3H3,(H,26,33)(H,31,32);9-10,14-16H,5-8,11-13H2,1-4H3,(H,29,30)/t2*15-,16-/m00/s1. The minimum atomic E-state index is -0.834. The van der Waals surface area contributed by atoms with Crippen LogP contribution in [0.2, 0.25) is 0 Å². The maximum atomic E-state index is 15.1. The molecule has 67 heavy (non-hydrogen) atoms. The van der Waals surface area contributed by atoms with E-state index in [1.165, 1.54) is 10.7 Å². The first-order valence-electron chi connectivity index (χ1n) is 23.3. The van der Waals surface area contributed by atoms with E-state index in [1.807, 2.05) is 26.8 Å². The monoisotopic (exact) mass is 933 g/mol. The topological polar surface area (TPSA) is 245 Å². The highest BCUT2D eigenvalue weighted by Gasteiger charge is 2.42. The minimum absolute atomic E-state index is 0.00286. The number of aryl methyl sites for hydroxylation is 4. The number of nitrogens with one attached hydrogen (secondary N) is 1. The molecule has 0 radical (unpaired) electrons. The summed E-state index contributed by atoms with van der Waals surface area (Å²) in [6.07, 6.45) is 8.16. The second kappa shape index (κ2) is 22.5. The van der Waals surface area contributed by atoms with Gasteiger partial charge in [0, 0.05) is 25.6 Å². The number of ether oxygens (including phenoxy) is 4. The van der Waals surface area contributed by atoms with Gasteiger partial charge in [-0.2, -0.15) is 0 Å². The van der Waals surface area contributed by atoms with Gasteiger partial charge in [0.2, 0.25) is 0 Å². The molecular weight excluding hydrogens is 870 g/mol. The van der Waals surface area contributed by atoms with Crippen molar-refractivity contribution in [1.29, 1.82) is 0 Å². The van der Waals surface area contributed by atoms with E-state index in [9.17, 15) is 29.4 Å². The van der Waals surface area contributed by atoms with Crippen molar-refractivity contribution in [3.8, 4) is 34.3 Å². The van der Waals surface area contributed by atoms with Crippen LogP contribution < -0.4 is 14.8 Å². The van der Waals surface area contributed by atoms with E-state index in [-0.39, 0.29) is 65.5 Å². The van der Waals surface area contributed by atoms with E-state index in [4.69, 9.17) is 23.9 Å². The number of rotatable bonds is 18. The highest BCUT2D eigenvalue weighted by molar-refractivity contribution is 5.75. The van der Waals surface area contributed by atoms with Crippen molar-refractivity contribution >= 4 is 24.0 Å². The SMILES string of the molecule is CCC1(COC(=O)NCc2c(-c3nc(C)c(O[C@H]4CCC[C@H](C(=O)O)C4)cc3F)nnn2C)CC1.CCc1nc(-c2nnn(C)c2CC(=O)OCC(C)C)ccc1O[C@H]1CCC[C@H](C(=O)O)C1. The number of nitrogens with zero attached hydrogens (tertiary/aromatic N) is 8. The van der Waals surface area contributed by atoms with Gasteiger partial charge in [-0.25, -0.2) is 23.8 Å². The summed E-state index contributed by atoms with van der Waals surface area (Å²) in [4.78, 5) is 56.2. The minimum Gasteiger partial charge on any atom is -0.488 e. The summed E-state index contributed by atoms with van der Waals surface area (Å²) in [6.45, 7) is 10.5. The molecule has 3 aliphatic rings. The summed E-state index contributed by atoms with van der Waals surface area (Å²) in [5.41, 5.74) is 3.83. The van der Waals surface area contributed by atoms with Crippen molar-refractivity contribution in [1.82, 2.24) is 45.3 Å². The molecule has 0 saturated heterocycles. The quantitative estimate of drug-likeness (QED) is 0.0853. The molecule has 364 valence electrons. The number of hydrogen-bond donors (Lipinski definition) is 3. The van der Waals surface area contributed by atoms with Crippen molar-refractivity contribution in [2.45, 2.75) is 137 Å². The van der Waals surface area contributed by atoms with Gasteiger partial charge >= 0.3 is 24.0 Å². The first-order valence-corrected chi connectivity index (χ1v) is 23.3. The van der Waals surface area contributed by atoms with Crippen LogP contribution in [0, 0.1) is 35.9 Å². The molecule has 3 N–H and O–H groups in total. The zero-order chi connectivity index (χ0) is 48.4.